The van der Waals surface area contributed by atoms with Gasteiger partial charge >= 0.3 is 6.18 Å². The van der Waals surface area contributed by atoms with Crippen LogP contribution in [-0.2, 0) is 6.18 Å². The molecule has 2 aromatic heterocycles. The zero-order chi connectivity index (χ0) is 17.3. The van der Waals surface area contributed by atoms with E-state index in [1.807, 2.05) is 14.1 Å². The average molecular weight is 334 g/mol. The maximum Gasteiger partial charge on any atom is 0.416 e. The maximum atomic E-state index is 12.8. The van der Waals surface area contributed by atoms with Gasteiger partial charge in [0.15, 0.2) is 5.76 Å². The first-order valence-electron chi connectivity index (χ1n) is 6.98. The Kier molecular flexibility index (Phi) is 3.96. The fraction of sp³-hybridized carbons (Fsp3) is 0.188. The van der Waals surface area contributed by atoms with Crippen molar-refractivity contribution in [3.05, 3.63) is 48.3 Å². The summed E-state index contributed by atoms with van der Waals surface area (Å²) in [5.41, 5.74) is 0.392. The molecule has 0 fully saturated rings. The lowest BCUT2D eigenvalue weighted by molar-refractivity contribution is -0.137. The number of aromatic nitrogens is 3. The second-order valence-electron chi connectivity index (χ2n) is 5.31. The zero-order valence-corrected chi connectivity index (χ0v) is 12.9. The van der Waals surface area contributed by atoms with Gasteiger partial charge in [-0.15, -0.1) is 0 Å². The van der Waals surface area contributed by atoms with E-state index in [-0.39, 0.29) is 0 Å². The van der Waals surface area contributed by atoms with Crippen LogP contribution in [0.1, 0.15) is 5.56 Å². The Morgan fingerprint density at radius 2 is 1.79 bits per heavy atom. The second-order valence-corrected chi connectivity index (χ2v) is 5.31. The third kappa shape index (κ3) is 3.22. The van der Waals surface area contributed by atoms with E-state index in [9.17, 15) is 13.2 Å². The fourth-order valence-electron chi connectivity index (χ4n) is 2.11. The largest absolute Gasteiger partial charge is 0.416 e. The summed E-state index contributed by atoms with van der Waals surface area (Å²) in [7, 11) is 3.67. The smallest absolute Gasteiger partial charge is 0.363 e. The fourth-order valence-corrected chi connectivity index (χ4v) is 2.11. The summed E-state index contributed by atoms with van der Waals surface area (Å²) in [6.07, 6.45) is -3.02. The zero-order valence-electron chi connectivity index (χ0n) is 12.9. The molecule has 0 bridgehead atoms. The average Bonchev–Trinajstić information content (AvgIpc) is 3.04. The van der Waals surface area contributed by atoms with Gasteiger partial charge in [0.05, 0.1) is 5.56 Å². The standard InChI is InChI=1S/C16H13F3N4O/c1-23(2)15-8-13(20-9-21-15)14-7-12(22-24-14)10-4-3-5-11(6-10)16(17,18)19/h3-9H,1-2H3. The summed E-state index contributed by atoms with van der Waals surface area (Å²) >= 11 is 0. The van der Waals surface area contributed by atoms with Gasteiger partial charge in [0.2, 0.25) is 0 Å². The van der Waals surface area contributed by atoms with Crippen molar-refractivity contribution < 1.29 is 17.7 Å². The summed E-state index contributed by atoms with van der Waals surface area (Å²) in [5, 5.41) is 3.84. The first-order valence-corrected chi connectivity index (χ1v) is 6.98. The van der Waals surface area contributed by atoms with Crippen LogP contribution in [0.15, 0.2) is 47.2 Å². The van der Waals surface area contributed by atoms with Gasteiger partial charge < -0.3 is 9.42 Å². The van der Waals surface area contributed by atoms with E-state index in [2.05, 4.69) is 15.1 Å². The minimum Gasteiger partial charge on any atom is -0.363 e. The lowest BCUT2D eigenvalue weighted by Crippen LogP contribution is -2.10. The minimum atomic E-state index is -4.41. The van der Waals surface area contributed by atoms with Crippen LogP contribution < -0.4 is 4.90 Å². The highest BCUT2D eigenvalue weighted by atomic mass is 19.4. The number of rotatable bonds is 3. The van der Waals surface area contributed by atoms with E-state index >= 15 is 0 Å². The van der Waals surface area contributed by atoms with Crippen LogP contribution >= 0.6 is 0 Å². The van der Waals surface area contributed by atoms with Crippen LogP contribution in [-0.4, -0.2) is 29.2 Å². The van der Waals surface area contributed by atoms with Gasteiger partial charge in [-0.2, -0.15) is 13.2 Å². The Morgan fingerprint density at radius 1 is 1.00 bits per heavy atom. The van der Waals surface area contributed by atoms with E-state index in [0.29, 0.717) is 28.5 Å². The minimum absolute atomic E-state index is 0.307. The molecule has 3 rings (SSSR count). The third-order valence-corrected chi connectivity index (χ3v) is 3.36. The number of hydrogen-bond acceptors (Lipinski definition) is 5. The lowest BCUT2D eigenvalue weighted by atomic mass is 10.1. The number of anilines is 1. The van der Waals surface area contributed by atoms with Gasteiger partial charge in [-0.1, -0.05) is 17.3 Å². The molecule has 0 saturated carbocycles. The molecule has 0 aliphatic heterocycles. The Bertz CT molecular complexity index is 858. The van der Waals surface area contributed by atoms with Crippen LogP contribution in [0.2, 0.25) is 0 Å². The maximum absolute atomic E-state index is 12.8. The van der Waals surface area contributed by atoms with Crippen LogP contribution in [0.25, 0.3) is 22.7 Å². The molecule has 3 aromatic rings. The first-order chi connectivity index (χ1) is 11.3. The molecule has 0 saturated heterocycles. The van der Waals surface area contributed by atoms with E-state index in [0.717, 1.165) is 12.1 Å². The van der Waals surface area contributed by atoms with Crippen molar-refractivity contribution in [2.24, 2.45) is 0 Å². The predicted molar refractivity (Wildman–Crippen MR) is 82.3 cm³/mol. The monoisotopic (exact) mass is 334 g/mol. The summed E-state index contributed by atoms with van der Waals surface area (Å²) in [5.74, 6) is 1.03. The summed E-state index contributed by atoms with van der Waals surface area (Å²) in [6.45, 7) is 0. The number of alkyl halides is 3. The topological polar surface area (TPSA) is 55.1 Å². The Labute approximate surface area is 135 Å². The van der Waals surface area contributed by atoms with Crippen molar-refractivity contribution in [1.82, 2.24) is 15.1 Å². The lowest BCUT2D eigenvalue weighted by Gasteiger charge is -2.10. The first kappa shape index (κ1) is 16.0. The number of halogens is 3. The predicted octanol–water partition coefficient (Wildman–Crippen LogP) is 3.88. The molecule has 0 N–H and O–H groups in total. The van der Waals surface area contributed by atoms with Gasteiger partial charge in [-0.05, 0) is 12.1 Å². The summed E-state index contributed by atoms with van der Waals surface area (Å²) in [4.78, 5) is 10.0. The van der Waals surface area contributed by atoms with Crippen LogP contribution in [0.4, 0.5) is 19.0 Å². The molecule has 2 heterocycles. The quantitative estimate of drug-likeness (QED) is 0.727. The van der Waals surface area contributed by atoms with Crippen LogP contribution in [0, 0.1) is 0 Å². The van der Waals surface area contributed by atoms with E-state index in [1.165, 1.54) is 12.4 Å². The highest BCUT2D eigenvalue weighted by Gasteiger charge is 2.30. The Hall–Kier alpha value is -2.90. The molecule has 0 aliphatic carbocycles. The van der Waals surface area contributed by atoms with Gasteiger partial charge in [-0.3, -0.25) is 0 Å². The number of hydrogen-bond donors (Lipinski definition) is 0. The summed E-state index contributed by atoms with van der Waals surface area (Å²) < 4.78 is 43.7. The van der Waals surface area contributed by atoms with E-state index in [1.54, 1.807) is 23.1 Å². The molecule has 8 heteroatoms. The molecule has 0 aliphatic rings. The van der Waals surface area contributed by atoms with Crippen molar-refractivity contribution in [1.29, 1.82) is 0 Å². The molecule has 24 heavy (non-hydrogen) atoms. The molecule has 5 nitrogen and oxygen atoms in total. The highest BCUT2D eigenvalue weighted by molar-refractivity contribution is 5.66. The van der Waals surface area contributed by atoms with Gasteiger partial charge in [0.1, 0.15) is 23.5 Å². The Morgan fingerprint density at radius 3 is 2.50 bits per heavy atom. The van der Waals surface area contributed by atoms with Gasteiger partial charge in [0, 0.05) is 31.8 Å². The molecule has 0 amide bonds. The van der Waals surface area contributed by atoms with Gasteiger partial charge in [-0.25, -0.2) is 9.97 Å². The van der Waals surface area contributed by atoms with Crippen molar-refractivity contribution in [2.45, 2.75) is 6.18 Å². The van der Waals surface area contributed by atoms with Crippen molar-refractivity contribution in [3.8, 4) is 22.7 Å². The highest BCUT2D eigenvalue weighted by Crippen LogP contribution is 2.33. The molecular weight excluding hydrogens is 321 g/mol. The summed E-state index contributed by atoms with van der Waals surface area (Å²) in [6, 6.07) is 8.18. The van der Waals surface area contributed by atoms with Crippen molar-refractivity contribution in [3.63, 3.8) is 0 Å². The molecular formula is C16H13F3N4O. The molecule has 0 radical (unpaired) electrons. The molecule has 0 spiro atoms. The molecule has 0 atom stereocenters. The Balaban J connectivity index is 1.95. The van der Waals surface area contributed by atoms with E-state index in [4.69, 9.17) is 4.52 Å². The van der Waals surface area contributed by atoms with Crippen molar-refractivity contribution >= 4 is 5.82 Å². The number of benzene rings is 1. The molecule has 0 unspecified atom stereocenters. The van der Waals surface area contributed by atoms with Crippen LogP contribution in [0.3, 0.4) is 0 Å². The second kappa shape index (κ2) is 5.95. The normalized spacial score (nSPS) is 11.5. The van der Waals surface area contributed by atoms with Gasteiger partial charge in [0.25, 0.3) is 0 Å². The van der Waals surface area contributed by atoms with Crippen LogP contribution in [0.5, 0.6) is 0 Å². The number of nitrogens with zero attached hydrogens (tertiary/aromatic N) is 4. The molecule has 124 valence electrons. The van der Waals surface area contributed by atoms with E-state index < -0.39 is 11.7 Å². The van der Waals surface area contributed by atoms with Crippen molar-refractivity contribution in [2.75, 3.05) is 19.0 Å². The third-order valence-electron chi connectivity index (χ3n) is 3.36. The SMILES string of the molecule is CN(C)c1cc(-c2cc(-c3cccc(C(F)(F)F)c3)no2)ncn1. The molecule has 1 aromatic carbocycles.